The van der Waals surface area contributed by atoms with Crippen molar-refractivity contribution in [1.82, 2.24) is 5.32 Å². The van der Waals surface area contributed by atoms with E-state index in [4.69, 9.17) is 14.2 Å². The molecule has 3 atom stereocenters. The average molecular weight is 277 g/mol. The summed E-state index contributed by atoms with van der Waals surface area (Å²) in [6.07, 6.45) is 2.51. The minimum atomic E-state index is 0.215. The highest BCUT2D eigenvalue weighted by molar-refractivity contribution is 5.44. The summed E-state index contributed by atoms with van der Waals surface area (Å²) in [5.41, 5.74) is 1.20. The number of fused-ring (bicyclic) bond motifs is 1. The lowest BCUT2D eigenvalue weighted by Gasteiger charge is -2.23. The molecule has 4 nitrogen and oxygen atoms in total. The van der Waals surface area contributed by atoms with Crippen LogP contribution in [-0.2, 0) is 4.74 Å². The summed E-state index contributed by atoms with van der Waals surface area (Å²) in [6.45, 7) is 4.43. The largest absolute Gasteiger partial charge is 0.489 e. The minimum absolute atomic E-state index is 0.215. The molecule has 20 heavy (non-hydrogen) atoms. The second-order valence-electron chi connectivity index (χ2n) is 5.75. The summed E-state index contributed by atoms with van der Waals surface area (Å²) in [5.74, 6) is 2.12. The second-order valence-corrected chi connectivity index (χ2v) is 5.75. The van der Waals surface area contributed by atoms with Crippen LogP contribution in [0.3, 0.4) is 0 Å². The molecular formula is C16H23NO3. The molecule has 0 aliphatic carbocycles. The van der Waals surface area contributed by atoms with Gasteiger partial charge in [-0.1, -0.05) is 13.0 Å². The number of hydrogen-bond acceptors (Lipinski definition) is 4. The quantitative estimate of drug-likeness (QED) is 0.921. The van der Waals surface area contributed by atoms with Gasteiger partial charge in [0.1, 0.15) is 0 Å². The Bertz CT molecular complexity index is 457. The molecule has 2 aliphatic heterocycles. The van der Waals surface area contributed by atoms with E-state index in [2.05, 4.69) is 24.4 Å². The highest BCUT2D eigenvalue weighted by atomic mass is 16.5. The standard InChI is InChI=1S/C16H23NO3/c1-11-9-19-13-6-5-12(8-15(13)20-10-11)16(17-2)14-4-3-7-18-14/h5-6,8,11,14,16-17H,3-4,7,9-10H2,1-2H3. The minimum Gasteiger partial charge on any atom is -0.489 e. The number of likely N-dealkylation sites (N-methyl/N-ethyl adjacent to an activating group) is 1. The molecule has 0 amide bonds. The van der Waals surface area contributed by atoms with E-state index in [1.807, 2.05) is 13.1 Å². The van der Waals surface area contributed by atoms with E-state index in [0.29, 0.717) is 19.1 Å². The molecule has 0 spiro atoms. The first-order valence-electron chi connectivity index (χ1n) is 7.46. The fourth-order valence-electron chi connectivity index (χ4n) is 2.89. The molecule has 4 heteroatoms. The van der Waals surface area contributed by atoms with Crippen LogP contribution in [0.1, 0.15) is 31.4 Å². The van der Waals surface area contributed by atoms with Gasteiger partial charge in [-0.2, -0.15) is 0 Å². The van der Waals surface area contributed by atoms with Crippen LogP contribution in [0.4, 0.5) is 0 Å². The maximum atomic E-state index is 5.87. The van der Waals surface area contributed by atoms with Crippen molar-refractivity contribution in [1.29, 1.82) is 0 Å². The van der Waals surface area contributed by atoms with Crippen LogP contribution in [0.5, 0.6) is 11.5 Å². The predicted octanol–water partition coefficient (Wildman–Crippen LogP) is 2.53. The molecule has 0 saturated carbocycles. The van der Waals surface area contributed by atoms with Crippen LogP contribution in [0.2, 0.25) is 0 Å². The molecule has 0 bridgehead atoms. The smallest absolute Gasteiger partial charge is 0.161 e. The Morgan fingerprint density at radius 3 is 2.70 bits per heavy atom. The summed E-state index contributed by atoms with van der Waals surface area (Å²) in [5, 5.41) is 3.37. The third kappa shape index (κ3) is 2.76. The highest BCUT2D eigenvalue weighted by Crippen LogP contribution is 2.35. The van der Waals surface area contributed by atoms with Crippen LogP contribution in [0, 0.1) is 5.92 Å². The van der Waals surface area contributed by atoms with Crippen molar-refractivity contribution in [3.05, 3.63) is 23.8 Å². The summed E-state index contributed by atoms with van der Waals surface area (Å²) in [4.78, 5) is 0. The fourth-order valence-corrected chi connectivity index (χ4v) is 2.89. The Hall–Kier alpha value is -1.26. The molecule has 1 fully saturated rings. The number of nitrogens with one attached hydrogen (secondary N) is 1. The SMILES string of the molecule is CNC(c1ccc2c(c1)OCC(C)CO2)C1CCCO1. The Labute approximate surface area is 120 Å². The van der Waals surface area contributed by atoms with Gasteiger partial charge >= 0.3 is 0 Å². The topological polar surface area (TPSA) is 39.7 Å². The molecule has 2 heterocycles. The average Bonchev–Trinajstić information content (AvgIpc) is 2.92. The number of rotatable bonds is 3. The third-order valence-electron chi connectivity index (χ3n) is 4.02. The molecule has 1 N–H and O–H groups in total. The normalized spacial score (nSPS) is 27.1. The molecule has 0 radical (unpaired) electrons. The van der Waals surface area contributed by atoms with Gasteiger partial charge in [0.25, 0.3) is 0 Å². The first-order chi connectivity index (χ1) is 9.78. The summed E-state index contributed by atoms with van der Waals surface area (Å²) >= 11 is 0. The molecule has 0 aromatic heterocycles. The molecule has 3 rings (SSSR count). The lowest BCUT2D eigenvalue weighted by atomic mass is 9.99. The van der Waals surface area contributed by atoms with E-state index in [1.54, 1.807) is 0 Å². The first-order valence-corrected chi connectivity index (χ1v) is 7.46. The number of ether oxygens (including phenoxy) is 3. The van der Waals surface area contributed by atoms with Crippen molar-refractivity contribution in [2.24, 2.45) is 5.92 Å². The molecule has 1 saturated heterocycles. The fraction of sp³-hybridized carbons (Fsp3) is 0.625. The van der Waals surface area contributed by atoms with Crippen molar-refractivity contribution in [3.8, 4) is 11.5 Å². The lowest BCUT2D eigenvalue weighted by Crippen LogP contribution is -2.28. The maximum absolute atomic E-state index is 5.87. The Kier molecular flexibility index (Phi) is 4.13. The van der Waals surface area contributed by atoms with Crippen LogP contribution in [0.25, 0.3) is 0 Å². The summed E-state index contributed by atoms with van der Waals surface area (Å²) in [7, 11) is 1.98. The molecule has 2 aliphatic rings. The lowest BCUT2D eigenvalue weighted by molar-refractivity contribution is 0.0807. The van der Waals surface area contributed by atoms with Crippen LogP contribution >= 0.6 is 0 Å². The zero-order valence-corrected chi connectivity index (χ0v) is 12.2. The Balaban J connectivity index is 1.83. The van der Waals surface area contributed by atoms with Crippen molar-refractivity contribution in [2.75, 3.05) is 26.9 Å². The monoisotopic (exact) mass is 277 g/mol. The molecular weight excluding hydrogens is 254 g/mol. The third-order valence-corrected chi connectivity index (χ3v) is 4.02. The van der Waals surface area contributed by atoms with E-state index in [1.165, 1.54) is 5.56 Å². The van der Waals surface area contributed by atoms with Crippen LogP contribution in [-0.4, -0.2) is 33.0 Å². The second kappa shape index (κ2) is 6.02. The summed E-state index contributed by atoms with van der Waals surface area (Å²) in [6, 6.07) is 6.44. The van der Waals surface area contributed by atoms with Gasteiger partial charge in [-0.25, -0.2) is 0 Å². The highest BCUT2D eigenvalue weighted by Gasteiger charge is 2.27. The molecule has 1 aromatic rings. The van der Waals surface area contributed by atoms with E-state index < -0.39 is 0 Å². The van der Waals surface area contributed by atoms with Crippen LogP contribution < -0.4 is 14.8 Å². The number of benzene rings is 1. The predicted molar refractivity (Wildman–Crippen MR) is 77.4 cm³/mol. The van der Waals surface area contributed by atoms with E-state index in [9.17, 15) is 0 Å². The Morgan fingerprint density at radius 1 is 1.20 bits per heavy atom. The first kappa shape index (κ1) is 13.7. The van der Waals surface area contributed by atoms with Crippen molar-refractivity contribution < 1.29 is 14.2 Å². The Morgan fingerprint density at radius 2 is 2.00 bits per heavy atom. The summed E-state index contributed by atoms with van der Waals surface area (Å²) < 4.78 is 17.5. The van der Waals surface area contributed by atoms with Gasteiger partial charge in [0.15, 0.2) is 11.5 Å². The van der Waals surface area contributed by atoms with Crippen molar-refractivity contribution in [3.63, 3.8) is 0 Å². The van der Waals surface area contributed by atoms with Crippen molar-refractivity contribution in [2.45, 2.75) is 31.9 Å². The van der Waals surface area contributed by atoms with Crippen molar-refractivity contribution >= 4 is 0 Å². The number of hydrogen-bond donors (Lipinski definition) is 1. The molecule has 110 valence electrons. The van der Waals surface area contributed by atoms with E-state index >= 15 is 0 Å². The van der Waals surface area contributed by atoms with Crippen LogP contribution in [0.15, 0.2) is 18.2 Å². The zero-order valence-electron chi connectivity index (χ0n) is 12.2. The van der Waals surface area contributed by atoms with Gasteiger partial charge in [0.05, 0.1) is 25.4 Å². The van der Waals surface area contributed by atoms with E-state index in [0.717, 1.165) is 30.9 Å². The van der Waals surface area contributed by atoms with Gasteiger partial charge in [-0.3, -0.25) is 0 Å². The molecule has 3 unspecified atom stereocenters. The van der Waals surface area contributed by atoms with Gasteiger partial charge in [-0.05, 0) is 37.6 Å². The van der Waals surface area contributed by atoms with Gasteiger partial charge in [0.2, 0.25) is 0 Å². The van der Waals surface area contributed by atoms with Gasteiger partial charge in [-0.15, -0.1) is 0 Å². The zero-order chi connectivity index (χ0) is 13.9. The maximum Gasteiger partial charge on any atom is 0.161 e. The van der Waals surface area contributed by atoms with Gasteiger partial charge < -0.3 is 19.5 Å². The van der Waals surface area contributed by atoms with Gasteiger partial charge in [0, 0.05) is 12.5 Å². The molecule has 1 aromatic carbocycles. The van der Waals surface area contributed by atoms with E-state index in [-0.39, 0.29) is 12.1 Å².